The van der Waals surface area contributed by atoms with Gasteiger partial charge in [-0.25, -0.2) is 4.85 Å². The summed E-state index contributed by atoms with van der Waals surface area (Å²) in [5.41, 5.74) is 17.5. The van der Waals surface area contributed by atoms with E-state index in [0.717, 1.165) is 99.0 Å². The largest absolute Gasteiger partial charge is 0.490 e. The molecule has 0 amide bonds. The highest BCUT2D eigenvalue weighted by Crippen LogP contribution is 2.43. The second kappa shape index (κ2) is 50.1. The van der Waals surface area contributed by atoms with Crippen LogP contribution in [0, 0.1) is 34.3 Å². The predicted octanol–water partition coefficient (Wildman–Crippen LogP) is 25.1. The summed E-state index contributed by atoms with van der Waals surface area (Å²) in [6.45, 7) is 41.1. The number of ether oxygens (including phenoxy) is 8. The fraction of sp³-hybridized carbons (Fsp3) is 0.304. The van der Waals surface area contributed by atoms with Gasteiger partial charge in [-0.15, -0.1) is 0 Å². The van der Waals surface area contributed by atoms with Gasteiger partial charge in [0.1, 0.15) is 6.17 Å². The molecule has 1 saturated heterocycles. The first-order chi connectivity index (χ1) is 69.9. The highest BCUT2D eigenvalue weighted by Gasteiger charge is 2.35. The molecule has 11 aromatic carbocycles. The third-order valence-electron chi connectivity index (χ3n) is 23.2. The van der Waals surface area contributed by atoms with Crippen LogP contribution >= 0.6 is 0 Å². The van der Waals surface area contributed by atoms with Gasteiger partial charge < -0.3 is 70.3 Å². The van der Waals surface area contributed by atoms with Crippen LogP contribution in [0.1, 0.15) is 124 Å². The predicted molar refractivity (Wildman–Crippen MR) is 549 cm³/mol. The lowest BCUT2D eigenvalue weighted by Gasteiger charge is -2.17. The van der Waals surface area contributed by atoms with Gasteiger partial charge in [-0.3, -0.25) is 15.2 Å². The number of hydrogen-bond acceptors (Lipinski definition) is 28. The molecule has 16 aromatic rings. The number of rotatable bonds is 34. The maximum Gasteiger partial charge on any atom is 0.417 e. The number of nitrogens with zero attached hydrogens (tertiary/aromatic N) is 15. The van der Waals surface area contributed by atoms with Gasteiger partial charge in [0.25, 0.3) is 29.5 Å². The van der Waals surface area contributed by atoms with Crippen LogP contribution in [-0.4, -0.2) is 172 Å². The van der Waals surface area contributed by atoms with Crippen molar-refractivity contribution in [2.45, 2.75) is 128 Å². The van der Waals surface area contributed by atoms with Gasteiger partial charge in [-0.2, -0.15) is 38.1 Å². The molecule has 7 heterocycles. The van der Waals surface area contributed by atoms with E-state index in [-0.39, 0.29) is 23.2 Å². The van der Waals surface area contributed by atoms with E-state index in [9.17, 15) is 13.2 Å². The zero-order valence-corrected chi connectivity index (χ0v) is 83.9. The van der Waals surface area contributed by atoms with Crippen molar-refractivity contribution in [3.63, 3.8) is 0 Å². The molecular weight excluding hydrogens is 1830 g/mol. The molecule has 32 heteroatoms. The van der Waals surface area contributed by atoms with Gasteiger partial charge in [0.05, 0.1) is 65.0 Å². The standard InChI is InChI=1S/C24H17F3N4O.C24H29N3O3.2C22H27N3O3.C20H19N3O3/c25-24(26,27)20-14-18(10-11-19(20)15-4-2-1-3-5-15)23-30-22(31-32-23)17-8-6-16(7-9-17)21-28-12-13-29-21;1-4-28-21-12-11-18(15-22(21)29-5-2)24-25-23(26-30-24)20-10-8-9-19(17(20)3)16-27-13-6-7-14-27;1-6-26-19-11-9-17(13-20(19)27-7-2)22-23-21(24-28-22)18-10-8-16(12-15(18)3)14-25(4)5;1-6-26-19-12-11-16(13-20(19)27-7-2)22-23-21(24-28-22)18-10-8-9-17(15(18)3)14-25(4)5;1-5-24-17-10-7-14(12-18(17)25-6-2)20-22-19(23-26-20)16-9-8-15(21-4)11-13(16)3/h1-12,14,21,29H,13H2;8-12,15H,4-7,13-14,16H2,1-3H3;2*8-13H,6-7,14H2,1-5H3;7-12H,5-6H2,1-3H3. The minimum absolute atomic E-state index is 0.0243. The van der Waals surface area contributed by atoms with Crippen molar-refractivity contribution in [2.24, 2.45) is 4.99 Å². The van der Waals surface area contributed by atoms with E-state index in [1.807, 2.05) is 196 Å². The van der Waals surface area contributed by atoms with E-state index < -0.39 is 11.7 Å². The topological polar surface area (TPSA) is 307 Å². The SMILES string of the molecule is CCOc1ccc(-c2nc(-c3ccc(CN(C)C)cc3C)no2)cc1OCC.CCOc1ccc(-c2nc(-c3cccc(CN(C)C)c3C)no2)cc1OCC.CCOc1ccc(-c2nc(-c3cccc(CN4CCCC4)c3C)no2)cc1OCC.FC(F)(F)c1cc(-c2nc(-c3ccc(C4N=CCN4)cc3)no2)ccc1-c1ccccc1.[C-]#[N+]c1ccc(-c2noc(-c3ccc(OCC)c(OCC)c3)n2)c(C)c1. The highest BCUT2D eigenvalue weighted by atomic mass is 19.4. The summed E-state index contributed by atoms with van der Waals surface area (Å²) < 4.78 is 114. The number of alkyl halides is 3. The summed E-state index contributed by atoms with van der Waals surface area (Å²) in [4.78, 5) is 37.2. The monoisotopic (exact) mass is 1950 g/mol. The number of aromatic nitrogens is 10. The van der Waals surface area contributed by atoms with Crippen molar-refractivity contribution in [3.05, 3.63) is 280 Å². The molecule has 0 bridgehead atoms. The van der Waals surface area contributed by atoms with E-state index in [1.54, 1.807) is 42.5 Å². The molecule has 1 unspecified atom stereocenters. The molecular formula is C112H119F3N16O13. The Morgan fingerprint density at radius 1 is 0.375 bits per heavy atom. The Balaban J connectivity index is 0.000000143. The third kappa shape index (κ3) is 26.7. The van der Waals surface area contributed by atoms with E-state index in [0.29, 0.717) is 168 Å². The number of nitrogens with one attached hydrogen (secondary N) is 1. The van der Waals surface area contributed by atoms with Crippen molar-refractivity contribution in [1.29, 1.82) is 0 Å². The fourth-order valence-electron chi connectivity index (χ4n) is 16.3. The zero-order valence-electron chi connectivity index (χ0n) is 83.9. The average Bonchev–Trinajstić information content (AvgIpc) is 0.981. The van der Waals surface area contributed by atoms with Crippen LogP contribution in [0.25, 0.3) is 130 Å². The highest BCUT2D eigenvalue weighted by molar-refractivity contribution is 5.75. The molecule has 18 rings (SSSR count). The third-order valence-corrected chi connectivity index (χ3v) is 23.2. The summed E-state index contributed by atoms with van der Waals surface area (Å²) in [6.07, 6.45) is -0.204. The number of hydrogen-bond donors (Lipinski definition) is 1. The van der Waals surface area contributed by atoms with Crippen molar-refractivity contribution in [1.82, 2.24) is 70.7 Å². The van der Waals surface area contributed by atoms with E-state index >= 15 is 0 Å². The Hall–Kier alpha value is -15.7. The summed E-state index contributed by atoms with van der Waals surface area (Å²) in [5.74, 6) is 9.85. The quantitative estimate of drug-likeness (QED) is 0.0366. The molecule has 2 aliphatic heterocycles. The van der Waals surface area contributed by atoms with Crippen molar-refractivity contribution < 1.29 is 73.7 Å². The molecule has 1 N–H and O–H groups in total. The molecule has 0 aliphatic carbocycles. The molecule has 5 aromatic heterocycles. The Labute approximate surface area is 836 Å². The number of halogens is 3. The van der Waals surface area contributed by atoms with Gasteiger partial charge in [0.15, 0.2) is 51.7 Å². The van der Waals surface area contributed by atoms with Crippen molar-refractivity contribution in [3.8, 4) is 171 Å². The summed E-state index contributed by atoms with van der Waals surface area (Å²) >= 11 is 0. The van der Waals surface area contributed by atoms with Gasteiger partial charge >= 0.3 is 6.18 Å². The minimum Gasteiger partial charge on any atom is -0.490 e. The lowest BCUT2D eigenvalue weighted by atomic mass is 9.97. The first-order valence-electron chi connectivity index (χ1n) is 48.1. The number of aliphatic imine (C=N–C) groups is 1. The molecule has 1 atom stereocenters. The molecule has 1 fully saturated rings. The maximum absolute atomic E-state index is 13.8. The van der Waals surface area contributed by atoms with E-state index in [1.165, 1.54) is 54.3 Å². The van der Waals surface area contributed by atoms with Crippen LogP contribution in [0.4, 0.5) is 18.9 Å². The van der Waals surface area contributed by atoms with Crippen LogP contribution in [0.15, 0.2) is 246 Å². The lowest BCUT2D eigenvalue weighted by molar-refractivity contribution is -0.137. The number of likely N-dealkylation sites (tertiary alicyclic amines) is 1. The Kier molecular flexibility index (Phi) is 36.2. The Bertz CT molecular complexity index is 7000. The Morgan fingerprint density at radius 3 is 1.15 bits per heavy atom. The van der Waals surface area contributed by atoms with Crippen LogP contribution in [0.5, 0.6) is 46.0 Å². The summed E-state index contributed by atoms with van der Waals surface area (Å²) in [5, 5.41) is 23.9. The fourth-order valence-corrected chi connectivity index (χ4v) is 16.3. The molecule has 29 nitrogen and oxygen atoms in total. The lowest BCUT2D eigenvalue weighted by Crippen LogP contribution is -2.19. The van der Waals surface area contributed by atoms with Crippen molar-refractivity contribution >= 4 is 11.9 Å². The van der Waals surface area contributed by atoms with Gasteiger partial charge in [0.2, 0.25) is 29.1 Å². The second-order valence-electron chi connectivity index (χ2n) is 34.0. The van der Waals surface area contributed by atoms with Crippen LogP contribution in [0.3, 0.4) is 0 Å². The molecule has 0 saturated carbocycles. The van der Waals surface area contributed by atoms with Crippen LogP contribution in [0.2, 0.25) is 0 Å². The Morgan fingerprint density at radius 2 is 0.750 bits per heavy atom. The first kappa shape index (κ1) is 104. The van der Waals surface area contributed by atoms with Gasteiger partial charge in [-0.05, 0) is 272 Å². The van der Waals surface area contributed by atoms with Crippen LogP contribution in [-0.2, 0) is 25.8 Å². The molecule has 2 aliphatic rings. The number of benzene rings is 11. The average molecular weight is 1950 g/mol. The van der Waals surface area contributed by atoms with Crippen molar-refractivity contribution in [2.75, 3.05) is 101 Å². The minimum atomic E-state index is -4.53. The molecule has 144 heavy (non-hydrogen) atoms. The summed E-state index contributed by atoms with van der Waals surface area (Å²) in [6, 6.07) is 66.7. The maximum atomic E-state index is 13.8. The molecule has 0 spiro atoms. The normalized spacial score (nSPS) is 12.7. The molecule has 0 radical (unpaired) electrons. The van der Waals surface area contributed by atoms with Gasteiger partial charge in [-0.1, -0.05) is 165 Å². The second-order valence-corrected chi connectivity index (χ2v) is 34.0. The smallest absolute Gasteiger partial charge is 0.417 e. The zero-order chi connectivity index (χ0) is 102. The first-order valence-corrected chi connectivity index (χ1v) is 48.1. The van der Waals surface area contributed by atoms with Crippen LogP contribution < -0.4 is 43.2 Å². The van der Waals surface area contributed by atoms with Gasteiger partial charge in [0, 0.05) is 88.0 Å². The summed E-state index contributed by atoms with van der Waals surface area (Å²) in [7, 11) is 8.23. The number of aryl methyl sites for hydroxylation is 2. The van der Waals surface area contributed by atoms with E-state index in [4.69, 9.17) is 67.1 Å². The van der Waals surface area contributed by atoms with E-state index in [2.05, 4.69) is 166 Å². The molecule has 746 valence electrons.